The van der Waals surface area contributed by atoms with Gasteiger partial charge in [-0.2, -0.15) is 0 Å². The predicted octanol–water partition coefficient (Wildman–Crippen LogP) is 2.53. The van der Waals surface area contributed by atoms with Gasteiger partial charge in [0.2, 0.25) is 0 Å². The molecule has 0 atom stereocenters. The van der Waals surface area contributed by atoms with Crippen LogP contribution in [0, 0.1) is 18.6 Å². The number of rotatable bonds is 4. The topological polar surface area (TPSA) is 72.2 Å². The molecule has 0 bridgehead atoms. The van der Waals surface area contributed by atoms with Crippen LogP contribution in [0.2, 0.25) is 0 Å². The summed E-state index contributed by atoms with van der Waals surface area (Å²) in [5.41, 5.74) is 5.93. The first-order chi connectivity index (χ1) is 9.83. The second-order valence-electron chi connectivity index (χ2n) is 4.53. The standard InChI is InChI=1S/C14H14F2N2O2S/c1-9-6-13(7-10(8-17)14(9)16)21(19,20)18-12-4-2-11(15)3-5-12/h2-7,18H,8,17H2,1H3. The molecule has 3 N–H and O–H groups in total. The third-order valence-corrected chi connectivity index (χ3v) is 4.29. The van der Waals surface area contributed by atoms with E-state index in [2.05, 4.69) is 4.72 Å². The molecule has 112 valence electrons. The van der Waals surface area contributed by atoms with Crippen molar-refractivity contribution in [3.63, 3.8) is 0 Å². The SMILES string of the molecule is Cc1cc(S(=O)(=O)Nc2ccc(F)cc2)cc(CN)c1F. The van der Waals surface area contributed by atoms with E-state index < -0.39 is 21.7 Å². The highest BCUT2D eigenvalue weighted by molar-refractivity contribution is 7.92. The van der Waals surface area contributed by atoms with Crippen molar-refractivity contribution in [3.05, 3.63) is 59.2 Å². The van der Waals surface area contributed by atoms with Crippen LogP contribution in [0.25, 0.3) is 0 Å². The Bertz CT molecular complexity index is 759. The number of sulfonamides is 1. The molecule has 7 heteroatoms. The molecule has 0 aromatic heterocycles. The lowest BCUT2D eigenvalue weighted by Gasteiger charge is -2.11. The maximum Gasteiger partial charge on any atom is 0.261 e. The van der Waals surface area contributed by atoms with Gasteiger partial charge < -0.3 is 5.73 Å². The number of anilines is 1. The van der Waals surface area contributed by atoms with E-state index in [9.17, 15) is 17.2 Å². The lowest BCUT2D eigenvalue weighted by Crippen LogP contribution is -2.14. The number of nitrogens with two attached hydrogens (primary N) is 1. The highest BCUT2D eigenvalue weighted by Gasteiger charge is 2.18. The average Bonchev–Trinajstić information content (AvgIpc) is 2.44. The Hall–Kier alpha value is -1.99. The number of hydrogen-bond acceptors (Lipinski definition) is 3. The van der Waals surface area contributed by atoms with Gasteiger partial charge in [0.15, 0.2) is 0 Å². The Morgan fingerprint density at radius 2 is 1.76 bits per heavy atom. The summed E-state index contributed by atoms with van der Waals surface area (Å²) in [5.74, 6) is -0.987. The molecule has 0 radical (unpaired) electrons. The van der Waals surface area contributed by atoms with Gasteiger partial charge in [-0.05, 0) is 48.9 Å². The first-order valence-corrected chi connectivity index (χ1v) is 7.59. The van der Waals surface area contributed by atoms with Gasteiger partial charge in [-0.1, -0.05) is 0 Å². The van der Waals surface area contributed by atoms with Crippen LogP contribution in [0.1, 0.15) is 11.1 Å². The molecule has 0 saturated carbocycles. The minimum atomic E-state index is -3.89. The van der Waals surface area contributed by atoms with E-state index in [-0.39, 0.29) is 28.3 Å². The van der Waals surface area contributed by atoms with E-state index in [1.54, 1.807) is 0 Å². The minimum absolute atomic E-state index is 0.0915. The van der Waals surface area contributed by atoms with Crippen molar-refractivity contribution >= 4 is 15.7 Å². The zero-order valence-electron chi connectivity index (χ0n) is 11.2. The zero-order valence-corrected chi connectivity index (χ0v) is 12.0. The Labute approximate surface area is 121 Å². The molecule has 0 aliphatic carbocycles. The van der Waals surface area contributed by atoms with Crippen LogP contribution < -0.4 is 10.5 Å². The Morgan fingerprint density at radius 1 is 1.14 bits per heavy atom. The lowest BCUT2D eigenvalue weighted by molar-refractivity contribution is 0.591. The minimum Gasteiger partial charge on any atom is -0.326 e. The van der Waals surface area contributed by atoms with Gasteiger partial charge in [-0.3, -0.25) is 4.72 Å². The van der Waals surface area contributed by atoms with Crippen molar-refractivity contribution in [2.45, 2.75) is 18.4 Å². The summed E-state index contributed by atoms with van der Waals surface area (Å²) in [6, 6.07) is 7.28. The fourth-order valence-corrected chi connectivity index (χ4v) is 3.04. The molecule has 0 heterocycles. The van der Waals surface area contributed by atoms with E-state index in [0.717, 1.165) is 12.1 Å². The monoisotopic (exact) mass is 312 g/mol. The van der Waals surface area contributed by atoms with Crippen molar-refractivity contribution in [2.24, 2.45) is 5.73 Å². The quantitative estimate of drug-likeness (QED) is 0.911. The van der Waals surface area contributed by atoms with Crippen molar-refractivity contribution in [3.8, 4) is 0 Å². The summed E-state index contributed by atoms with van der Waals surface area (Å²) in [5, 5.41) is 0. The van der Waals surface area contributed by atoms with Crippen molar-refractivity contribution in [1.82, 2.24) is 0 Å². The number of benzene rings is 2. The molecule has 0 amide bonds. The maximum absolute atomic E-state index is 13.7. The molecule has 0 saturated heterocycles. The highest BCUT2D eigenvalue weighted by atomic mass is 32.2. The van der Waals surface area contributed by atoms with Crippen molar-refractivity contribution in [1.29, 1.82) is 0 Å². The Balaban J connectivity index is 2.40. The average molecular weight is 312 g/mol. The molecule has 2 rings (SSSR count). The Morgan fingerprint density at radius 3 is 2.33 bits per heavy atom. The molecule has 0 aliphatic rings. The van der Waals surface area contributed by atoms with Gasteiger partial charge in [-0.15, -0.1) is 0 Å². The van der Waals surface area contributed by atoms with Crippen LogP contribution in [0.3, 0.4) is 0 Å². The smallest absolute Gasteiger partial charge is 0.261 e. The number of nitrogens with one attached hydrogen (secondary N) is 1. The third-order valence-electron chi connectivity index (χ3n) is 2.93. The first-order valence-electron chi connectivity index (χ1n) is 6.11. The normalized spacial score (nSPS) is 11.4. The predicted molar refractivity (Wildman–Crippen MR) is 76.2 cm³/mol. The van der Waals surface area contributed by atoms with Crippen LogP contribution in [0.4, 0.5) is 14.5 Å². The first kappa shape index (κ1) is 15.4. The largest absolute Gasteiger partial charge is 0.326 e. The summed E-state index contributed by atoms with van der Waals surface area (Å²) >= 11 is 0. The highest BCUT2D eigenvalue weighted by Crippen LogP contribution is 2.21. The molecule has 4 nitrogen and oxygen atoms in total. The Kier molecular flexibility index (Phi) is 4.24. The van der Waals surface area contributed by atoms with Gasteiger partial charge in [-0.25, -0.2) is 17.2 Å². The van der Waals surface area contributed by atoms with Crippen molar-refractivity contribution in [2.75, 3.05) is 4.72 Å². The van der Waals surface area contributed by atoms with E-state index in [1.807, 2.05) is 0 Å². The second kappa shape index (κ2) is 5.79. The molecule has 0 unspecified atom stereocenters. The van der Waals surface area contributed by atoms with Crippen LogP contribution >= 0.6 is 0 Å². The molecule has 2 aromatic rings. The molecule has 0 spiro atoms. The number of aryl methyl sites for hydroxylation is 1. The summed E-state index contributed by atoms with van der Waals surface area (Å²) in [4.78, 5) is -0.0915. The zero-order chi connectivity index (χ0) is 15.6. The fraction of sp³-hybridized carbons (Fsp3) is 0.143. The van der Waals surface area contributed by atoms with Crippen LogP contribution in [0.15, 0.2) is 41.3 Å². The third kappa shape index (κ3) is 3.37. The molecule has 0 aliphatic heterocycles. The number of hydrogen-bond donors (Lipinski definition) is 2. The fourth-order valence-electron chi connectivity index (χ4n) is 1.84. The lowest BCUT2D eigenvalue weighted by atomic mass is 10.1. The van der Waals surface area contributed by atoms with Crippen LogP contribution in [0.5, 0.6) is 0 Å². The van der Waals surface area contributed by atoms with E-state index >= 15 is 0 Å². The van der Waals surface area contributed by atoms with E-state index in [4.69, 9.17) is 5.73 Å². The summed E-state index contributed by atoms with van der Waals surface area (Å²) in [6.45, 7) is 1.36. The van der Waals surface area contributed by atoms with E-state index in [0.29, 0.717) is 0 Å². The van der Waals surface area contributed by atoms with E-state index in [1.165, 1.54) is 31.2 Å². The molecular weight excluding hydrogens is 298 g/mol. The summed E-state index contributed by atoms with van der Waals surface area (Å²) in [7, 11) is -3.89. The van der Waals surface area contributed by atoms with Crippen LogP contribution in [-0.4, -0.2) is 8.42 Å². The van der Waals surface area contributed by atoms with Crippen LogP contribution in [-0.2, 0) is 16.6 Å². The van der Waals surface area contributed by atoms with Gasteiger partial charge in [0.05, 0.1) is 4.90 Å². The van der Waals surface area contributed by atoms with Crippen molar-refractivity contribution < 1.29 is 17.2 Å². The second-order valence-corrected chi connectivity index (χ2v) is 6.21. The van der Waals surface area contributed by atoms with Gasteiger partial charge in [0, 0.05) is 17.8 Å². The molecular formula is C14H14F2N2O2S. The molecule has 21 heavy (non-hydrogen) atoms. The van der Waals surface area contributed by atoms with Gasteiger partial charge in [0.1, 0.15) is 11.6 Å². The van der Waals surface area contributed by atoms with Gasteiger partial charge in [0.25, 0.3) is 10.0 Å². The molecule has 2 aromatic carbocycles. The molecule has 0 fully saturated rings. The van der Waals surface area contributed by atoms with Gasteiger partial charge >= 0.3 is 0 Å². The maximum atomic E-state index is 13.7. The summed E-state index contributed by atoms with van der Waals surface area (Å²) in [6.07, 6.45) is 0. The summed E-state index contributed by atoms with van der Waals surface area (Å²) < 4.78 is 53.3. The number of halogens is 2.